The maximum absolute atomic E-state index is 11.5. The largest absolute Gasteiger partial charge is 0.465 e. The average Bonchev–Trinajstić information content (AvgIpc) is 3.04. The number of hydrogen-bond donors (Lipinski definition) is 0. The van der Waals surface area contributed by atoms with Crippen LogP contribution in [-0.2, 0) is 10.2 Å². The smallest absolute Gasteiger partial charge is 0.337 e. The summed E-state index contributed by atoms with van der Waals surface area (Å²) in [6.45, 7) is 4.52. The second-order valence-corrected chi connectivity index (χ2v) is 8.44. The fourth-order valence-electron chi connectivity index (χ4n) is 4.10. The van der Waals surface area contributed by atoms with E-state index >= 15 is 0 Å². The van der Waals surface area contributed by atoms with Crippen LogP contribution in [-0.4, -0.2) is 20.1 Å². The van der Waals surface area contributed by atoms with Gasteiger partial charge in [-0.3, -0.25) is 0 Å². The van der Waals surface area contributed by atoms with Gasteiger partial charge in [0, 0.05) is 23.8 Å². The van der Waals surface area contributed by atoms with E-state index in [-0.39, 0.29) is 11.4 Å². The summed E-state index contributed by atoms with van der Waals surface area (Å²) in [5, 5.41) is 8.50. The molecular weight excluding hydrogens is 410 g/mol. The molecule has 0 bridgehead atoms. The predicted molar refractivity (Wildman–Crippen MR) is 133 cm³/mol. The molecule has 1 aliphatic rings. The van der Waals surface area contributed by atoms with E-state index in [1.165, 1.54) is 24.1 Å². The monoisotopic (exact) mass is 437 g/mol. The molecule has 1 aliphatic heterocycles. The first-order valence-corrected chi connectivity index (χ1v) is 10.8. The van der Waals surface area contributed by atoms with Gasteiger partial charge in [-0.15, -0.1) is 0 Å². The molecule has 0 aromatic heterocycles. The molecule has 3 aromatic rings. The Morgan fingerprint density at radius 3 is 2.12 bits per heavy atom. The van der Waals surface area contributed by atoms with E-state index < -0.39 is 0 Å². The minimum Gasteiger partial charge on any atom is -0.465 e. The minimum absolute atomic E-state index is 0.0328. The summed E-state index contributed by atoms with van der Waals surface area (Å²) in [7, 11) is 3.48. The van der Waals surface area contributed by atoms with Gasteiger partial charge in [0.25, 0.3) is 0 Å². The third kappa shape index (κ3) is 4.62. The topological polar surface area (TPSA) is 54.3 Å². The van der Waals surface area contributed by atoms with E-state index in [1.807, 2.05) is 24.3 Å². The number of ether oxygens (including phenoxy) is 1. The Kier molecular flexibility index (Phi) is 6.22. The van der Waals surface area contributed by atoms with Gasteiger partial charge in [0.2, 0.25) is 0 Å². The number of esters is 1. The summed E-state index contributed by atoms with van der Waals surface area (Å²) in [6.07, 6.45) is 6.37. The first-order valence-electron chi connectivity index (χ1n) is 10.8. The van der Waals surface area contributed by atoms with Crippen LogP contribution in [0.2, 0.25) is 0 Å². The number of likely N-dealkylation sites (N-methyl/N-ethyl adjacent to an activating group) is 1. The number of para-hydroxylation sites is 1. The molecule has 5 heteroatoms. The summed E-state index contributed by atoms with van der Waals surface area (Å²) in [5.74, 6) is -0.370. The van der Waals surface area contributed by atoms with Crippen molar-refractivity contribution in [1.29, 1.82) is 0 Å². The van der Waals surface area contributed by atoms with E-state index in [1.54, 1.807) is 24.3 Å². The number of nitrogens with zero attached hydrogens (tertiary/aromatic N) is 3. The van der Waals surface area contributed by atoms with Crippen LogP contribution in [0.25, 0.3) is 6.08 Å². The Morgan fingerprint density at radius 2 is 1.52 bits per heavy atom. The van der Waals surface area contributed by atoms with Crippen LogP contribution in [0.3, 0.4) is 0 Å². The zero-order valence-corrected chi connectivity index (χ0v) is 19.3. The Labute approximate surface area is 194 Å². The fraction of sp³-hybridized carbons (Fsp3) is 0.179. The molecule has 0 saturated carbocycles. The highest BCUT2D eigenvalue weighted by atomic mass is 16.5. The normalized spacial score (nSPS) is 16.0. The molecule has 0 atom stereocenters. The lowest BCUT2D eigenvalue weighted by Crippen LogP contribution is -2.22. The van der Waals surface area contributed by atoms with Crippen molar-refractivity contribution >= 4 is 29.1 Å². The van der Waals surface area contributed by atoms with Crippen molar-refractivity contribution in [3.63, 3.8) is 0 Å². The maximum atomic E-state index is 11.5. The van der Waals surface area contributed by atoms with Crippen LogP contribution >= 0.6 is 0 Å². The lowest BCUT2D eigenvalue weighted by Gasteiger charge is -2.23. The number of carbonyl (C=O) groups is 1. The van der Waals surface area contributed by atoms with Crippen molar-refractivity contribution in [2.75, 3.05) is 19.1 Å². The Bertz CT molecular complexity index is 1240. The number of hydrogen-bond acceptors (Lipinski definition) is 5. The van der Waals surface area contributed by atoms with Crippen molar-refractivity contribution in [3.8, 4) is 0 Å². The average molecular weight is 438 g/mol. The molecule has 4 rings (SSSR count). The summed E-state index contributed by atoms with van der Waals surface area (Å²) in [4.78, 5) is 13.8. The minimum atomic E-state index is -0.370. The van der Waals surface area contributed by atoms with Crippen molar-refractivity contribution < 1.29 is 9.53 Å². The second kappa shape index (κ2) is 9.25. The van der Waals surface area contributed by atoms with Gasteiger partial charge in [0.05, 0.1) is 24.0 Å². The number of benzene rings is 3. The van der Waals surface area contributed by atoms with Gasteiger partial charge in [0.15, 0.2) is 0 Å². The SMILES string of the molecule is COC(=O)c1ccc(N=Nc2ccc(C=CC=C3N(C)c4ccccc4C3(C)C)cc2)cc1. The third-order valence-corrected chi connectivity index (χ3v) is 5.95. The number of allylic oxidation sites excluding steroid dienone is 3. The zero-order valence-electron chi connectivity index (χ0n) is 19.3. The number of anilines is 1. The standard InChI is InChI=1S/C28H27N3O2/c1-28(2)24-9-5-6-10-25(24)31(3)26(28)11-7-8-20-12-16-22(17-13-20)29-30-23-18-14-21(15-19-23)27(32)33-4/h5-19H,1-4H3. The molecule has 0 unspecified atom stereocenters. The maximum Gasteiger partial charge on any atom is 0.337 e. The van der Waals surface area contributed by atoms with Crippen molar-refractivity contribution in [1.82, 2.24) is 0 Å². The molecule has 3 aromatic carbocycles. The van der Waals surface area contributed by atoms with Gasteiger partial charge in [0.1, 0.15) is 0 Å². The molecule has 0 aliphatic carbocycles. The van der Waals surface area contributed by atoms with E-state index in [0.717, 1.165) is 11.3 Å². The van der Waals surface area contributed by atoms with Gasteiger partial charge in [-0.05, 0) is 59.7 Å². The number of fused-ring (bicyclic) bond motifs is 1. The number of methoxy groups -OCH3 is 1. The predicted octanol–water partition coefficient (Wildman–Crippen LogP) is 7.21. The number of carbonyl (C=O) groups excluding carboxylic acids is 1. The first-order chi connectivity index (χ1) is 15.9. The molecule has 5 nitrogen and oxygen atoms in total. The van der Waals surface area contributed by atoms with Crippen LogP contribution in [0.5, 0.6) is 0 Å². The molecule has 0 spiro atoms. The molecule has 166 valence electrons. The van der Waals surface area contributed by atoms with Crippen molar-refractivity contribution in [3.05, 3.63) is 107 Å². The van der Waals surface area contributed by atoms with Crippen molar-refractivity contribution in [2.24, 2.45) is 10.2 Å². The van der Waals surface area contributed by atoms with E-state index in [9.17, 15) is 4.79 Å². The molecule has 33 heavy (non-hydrogen) atoms. The van der Waals surface area contributed by atoms with E-state index in [4.69, 9.17) is 4.74 Å². The molecule has 0 fully saturated rings. The van der Waals surface area contributed by atoms with Crippen LogP contribution in [0.4, 0.5) is 17.1 Å². The molecule has 0 amide bonds. The van der Waals surface area contributed by atoms with Gasteiger partial charge < -0.3 is 9.64 Å². The first kappa shape index (κ1) is 22.2. The third-order valence-electron chi connectivity index (χ3n) is 5.95. The highest BCUT2D eigenvalue weighted by Gasteiger charge is 2.37. The van der Waals surface area contributed by atoms with Crippen LogP contribution in [0.15, 0.2) is 101 Å². The molecule has 0 radical (unpaired) electrons. The van der Waals surface area contributed by atoms with Crippen LogP contribution in [0, 0.1) is 0 Å². The van der Waals surface area contributed by atoms with Gasteiger partial charge in [-0.25, -0.2) is 4.79 Å². The van der Waals surface area contributed by atoms with E-state index in [2.05, 4.69) is 78.5 Å². The lowest BCUT2D eigenvalue weighted by atomic mass is 9.84. The Morgan fingerprint density at radius 1 is 0.909 bits per heavy atom. The van der Waals surface area contributed by atoms with Gasteiger partial charge in [-0.1, -0.05) is 56.3 Å². The molecule has 1 heterocycles. The quantitative estimate of drug-likeness (QED) is 0.313. The summed E-state index contributed by atoms with van der Waals surface area (Å²) in [6, 6.07) is 23.3. The highest BCUT2D eigenvalue weighted by Crippen LogP contribution is 2.46. The molecule has 0 saturated heterocycles. The van der Waals surface area contributed by atoms with Crippen LogP contribution < -0.4 is 4.90 Å². The zero-order chi connectivity index (χ0) is 23.4. The lowest BCUT2D eigenvalue weighted by molar-refractivity contribution is 0.0601. The fourth-order valence-corrected chi connectivity index (χ4v) is 4.10. The van der Waals surface area contributed by atoms with E-state index in [0.29, 0.717) is 11.3 Å². The molecular formula is C28H27N3O2. The van der Waals surface area contributed by atoms with Crippen LogP contribution in [0.1, 0.15) is 35.3 Å². The van der Waals surface area contributed by atoms with Gasteiger partial charge >= 0.3 is 5.97 Å². The number of rotatable bonds is 5. The second-order valence-electron chi connectivity index (χ2n) is 8.44. The molecule has 0 N–H and O–H groups in total. The van der Waals surface area contributed by atoms with Crippen molar-refractivity contribution in [2.45, 2.75) is 19.3 Å². The summed E-state index contributed by atoms with van der Waals surface area (Å²) >= 11 is 0. The Balaban J connectivity index is 1.43. The summed E-state index contributed by atoms with van der Waals surface area (Å²) in [5.41, 5.74) is 6.84. The highest BCUT2D eigenvalue weighted by molar-refractivity contribution is 5.89. The number of azo groups is 1. The Hall–Kier alpha value is -3.99. The summed E-state index contributed by atoms with van der Waals surface area (Å²) < 4.78 is 4.70. The van der Waals surface area contributed by atoms with Gasteiger partial charge in [-0.2, -0.15) is 10.2 Å².